The molecule has 0 unspecified atom stereocenters. The average Bonchev–Trinajstić information content (AvgIpc) is 2.68. The summed E-state index contributed by atoms with van der Waals surface area (Å²) in [6.45, 7) is 1.25. The number of carbonyl (C=O) groups is 1. The minimum Gasteiger partial charge on any atom is -0.453 e. The molecule has 1 aliphatic rings. The highest BCUT2D eigenvalue weighted by Crippen LogP contribution is 2.26. The molecule has 1 heterocycles. The predicted octanol–water partition coefficient (Wildman–Crippen LogP) is 2.59. The Morgan fingerprint density at radius 1 is 1.12 bits per heavy atom. The van der Waals surface area contributed by atoms with E-state index in [1.54, 1.807) is 47.4 Å². The maximum Gasteiger partial charge on any atom is 0.409 e. The van der Waals surface area contributed by atoms with E-state index < -0.39 is 16.2 Å². The van der Waals surface area contributed by atoms with Crippen molar-refractivity contribution in [3.8, 4) is 5.75 Å². The first kappa shape index (κ1) is 18.2. The number of benzene rings is 2. The van der Waals surface area contributed by atoms with Crippen LogP contribution in [0.2, 0.25) is 0 Å². The lowest BCUT2D eigenvalue weighted by Crippen LogP contribution is -2.42. The number of morpholine rings is 1. The molecule has 2 aromatic carbocycles. The highest BCUT2D eigenvalue weighted by Gasteiger charge is 2.26. The first-order valence-electron chi connectivity index (χ1n) is 8.03. The maximum absolute atomic E-state index is 12.2. The zero-order chi connectivity index (χ0) is 18.6. The van der Waals surface area contributed by atoms with E-state index >= 15 is 0 Å². The SMILES string of the molecule is COC(=O)N1CCO[C@@H](c2ccc(OS(=O)(=O)c3ccccc3)cc2)C1. The zero-order valence-electron chi connectivity index (χ0n) is 14.2. The largest absolute Gasteiger partial charge is 0.453 e. The van der Waals surface area contributed by atoms with Crippen molar-refractivity contribution >= 4 is 16.2 Å². The first-order valence-corrected chi connectivity index (χ1v) is 9.44. The molecule has 1 amide bonds. The third-order valence-electron chi connectivity index (χ3n) is 3.99. The number of amides is 1. The quantitative estimate of drug-likeness (QED) is 0.762. The summed E-state index contributed by atoms with van der Waals surface area (Å²) >= 11 is 0. The maximum atomic E-state index is 12.2. The molecule has 0 saturated carbocycles. The highest BCUT2D eigenvalue weighted by molar-refractivity contribution is 7.87. The molecule has 0 bridgehead atoms. The van der Waals surface area contributed by atoms with E-state index in [1.807, 2.05) is 0 Å². The van der Waals surface area contributed by atoms with Crippen molar-refractivity contribution in [2.24, 2.45) is 0 Å². The topological polar surface area (TPSA) is 82.1 Å². The number of ether oxygens (including phenoxy) is 2. The van der Waals surface area contributed by atoms with Crippen LogP contribution < -0.4 is 4.18 Å². The van der Waals surface area contributed by atoms with Gasteiger partial charge >= 0.3 is 16.2 Å². The molecule has 1 fully saturated rings. The molecule has 1 saturated heterocycles. The Balaban J connectivity index is 1.70. The second-order valence-corrected chi connectivity index (χ2v) is 7.24. The van der Waals surface area contributed by atoms with Gasteiger partial charge in [0.2, 0.25) is 0 Å². The van der Waals surface area contributed by atoms with Crippen LogP contribution in [0.25, 0.3) is 0 Å². The van der Waals surface area contributed by atoms with E-state index in [0.29, 0.717) is 19.7 Å². The Kier molecular flexibility index (Phi) is 5.43. The number of nitrogens with zero attached hydrogens (tertiary/aromatic N) is 1. The lowest BCUT2D eigenvalue weighted by molar-refractivity contribution is -0.0258. The van der Waals surface area contributed by atoms with Crippen molar-refractivity contribution < 1.29 is 26.9 Å². The van der Waals surface area contributed by atoms with Crippen LogP contribution in [-0.4, -0.2) is 46.2 Å². The highest BCUT2D eigenvalue weighted by atomic mass is 32.2. The van der Waals surface area contributed by atoms with Crippen molar-refractivity contribution in [1.29, 1.82) is 0 Å². The molecule has 1 aliphatic heterocycles. The van der Waals surface area contributed by atoms with Gasteiger partial charge in [0, 0.05) is 6.54 Å². The average molecular weight is 377 g/mol. The number of carbonyl (C=O) groups excluding carboxylic acids is 1. The van der Waals surface area contributed by atoms with Crippen molar-refractivity contribution in [3.63, 3.8) is 0 Å². The summed E-state index contributed by atoms with van der Waals surface area (Å²) in [7, 11) is -2.54. The van der Waals surface area contributed by atoms with Gasteiger partial charge in [-0.15, -0.1) is 0 Å². The summed E-state index contributed by atoms with van der Waals surface area (Å²) in [5.74, 6) is 0.207. The summed E-state index contributed by atoms with van der Waals surface area (Å²) in [6, 6.07) is 14.5. The van der Waals surface area contributed by atoms with Crippen molar-refractivity contribution in [3.05, 3.63) is 60.2 Å². The molecular weight excluding hydrogens is 358 g/mol. The number of hydrogen-bond donors (Lipinski definition) is 0. The van der Waals surface area contributed by atoms with Gasteiger partial charge in [-0.3, -0.25) is 0 Å². The first-order chi connectivity index (χ1) is 12.5. The van der Waals surface area contributed by atoms with E-state index in [4.69, 9.17) is 13.7 Å². The molecule has 0 radical (unpaired) electrons. The molecule has 8 heteroatoms. The van der Waals surface area contributed by atoms with Crippen molar-refractivity contribution in [2.45, 2.75) is 11.0 Å². The Morgan fingerprint density at radius 2 is 1.81 bits per heavy atom. The Labute approximate surface area is 152 Å². The molecule has 0 aromatic heterocycles. The molecule has 7 nitrogen and oxygen atoms in total. The summed E-state index contributed by atoms with van der Waals surface area (Å²) < 4.78 is 40.0. The van der Waals surface area contributed by atoms with E-state index in [2.05, 4.69) is 0 Å². The monoisotopic (exact) mass is 377 g/mol. The Morgan fingerprint density at radius 3 is 2.46 bits per heavy atom. The molecule has 0 N–H and O–H groups in total. The van der Waals surface area contributed by atoms with Gasteiger partial charge in [-0.1, -0.05) is 30.3 Å². The lowest BCUT2D eigenvalue weighted by atomic mass is 10.1. The fourth-order valence-electron chi connectivity index (χ4n) is 2.65. The number of hydrogen-bond acceptors (Lipinski definition) is 6. The van der Waals surface area contributed by atoms with Gasteiger partial charge in [0.25, 0.3) is 0 Å². The summed E-state index contributed by atoms with van der Waals surface area (Å²) in [5, 5.41) is 0. The number of methoxy groups -OCH3 is 1. The van der Waals surface area contributed by atoms with Crippen molar-refractivity contribution in [1.82, 2.24) is 4.90 Å². The van der Waals surface area contributed by atoms with Crippen LogP contribution in [-0.2, 0) is 19.6 Å². The van der Waals surface area contributed by atoms with E-state index in [1.165, 1.54) is 19.2 Å². The molecule has 26 heavy (non-hydrogen) atoms. The van der Waals surface area contributed by atoms with Crippen molar-refractivity contribution in [2.75, 3.05) is 26.8 Å². The van der Waals surface area contributed by atoms with Gasteiger partial charge in [-0.25, -0.2) is 4.79 Å². The smallest absolute Gasteiger partial charge is 0.409 e. The van der Waals surface area contributed by atoms with Crippen LogP contribution in [0.4, 0.5) is 4.79 Å². The molecule has 0 aliphatic carbocycles. The predicted molar refractivity (Wildman–Crippen MR) is 93.4 cm³/mol. The lowest BCUT2D eigenvalue weighted by Gasteiger charge is -2.32. The Hall–Kier alpha value is -2.58. The van der Waals surface area contributed by atoms with Gasteiger partial charge in [0.15, 0.2) is 0 Å². The molecule has 2 aromatic rings. The van der Waals surface area contributed by atoms with Crippen LogP contribution in [0.1, 0.15) is 11.7 Å². The van der Waals surface area contributed by atoms with Crippen LogP contribution in [0.5, 0.6) is 5.75 Å². The molecule has 3 rings (SSSR count). The van der Waals surface area contributed by atoms with E-state index in [9.17, 15) is 13.2 Å². The standard InChI is InChI=1S/C18H19NO6S/c1-23-18(20)19-11-12-24-17(13-19)14-7-9-15(10-8-14)25-26(21,22)16-5-3-2-4-6-16/h2-10,17H,11-13H2,1H3/t17-/m1/s1. The molecule has 0 spiro atoms. The molecular formula is C18H19NO6S. The van der Waals surface area contributed by atoms with Gasteiger partial charge < -0.3 is 18.6 Å². The third-order valence-corrected chi connectivity index (χ3v) is 5.25. The normalized spacial score (nSPS) is 17.6. The third kappa shape index (κ3) is 4.14. The fraction of sp³-hybridized carbons (Fsp3) is 0.278. The van der Waals surface area contributed by atoms with Crippen LogP contribution >= 0.6 is 0 Å². The van der Waals surface area contributed by atoms with E-state index in [0.717, 1.165) is 5.56 Å². The van der Waals surface area contributed by atoms with Crippen LogP contribution in [0, 0.1) is 0 Å². The molecule has 1 atom stereocenters. The molecule has 138 valence electrons. The summed E-state index contributed by atoms with van der Waals surface area (Å²) in [6.07, 6.45) is -0.699. The van der Waals surface area contributed by atoms with Gasteiger partial charge in [0.1, 0.15) is 16.7 Å². The summed E-state index contributed by atoms with van der Waals surface area (Å²) in [4.78, 5) is 13.3. The van der Waals surface area contributed by atoms with Gasteiger partial charge in [-0.2, -0.15) is 8.42 Å². The summed E-state index contributed by atoms with van der Waals surface area (Å²) in [5.41, 5.74) is 0.822. The minimum absolute atomic E-state index is 0.0911. The second-order valence-electron chi connectivity index (χ2n) is 5.70. The van der Waals surface area contributed by atoms with Crippen LogP contribution in [0.3, 0.4) is 0 Å². The minimum atomic E-state index is -3.88. The fourth-order valence-corrected chi connectivity index (χ4v) is 3.60. The Bertz CT molecular complexity index is 851. The van der Waals surface area contributed by atoms with Gasteiger partial charge in [0.05, 0.1) is 20.3 Å². The zero-order valence-corrected chi connectivity index (χ0v) is 15.0. The van der Waals surface area contributed by atoms with Gasteiger partial charge in [-0.05, 0) is 29.8 Å². The number of rotatable bonds is 4. The van der Waals surface area contributed by atoms with E-state index in [-0.39, 0.29) is 16.7 Å². The van der Waals surface area contributed by atoms with Crippen LogP contribution in [0.15, 0.2) is 59.5 Å². The second kappa shape index (κ2) is 7.76.